The van der Waals surface area contributed by atoms with E-state index in [1.54, 1.807) is 36.4 Å². The first-order valence-electron chi connectivity index (χ1n) is 9.80. The van der Waals surface area contributed by atoms with E-state index in [0.717, 1.165) is 11.6 Å². The molecule has 0 aliphatic heterocycles. The molecule has 1 N–H and O–H groups in total. The summed E-state index contributed by atoms with van der Waals surface area (Å²) in [6.45, 7) is 0. The fourth-order valence-corrected chi connectivity index (χ4v) is 4.52. The van der Waals surface area contributed by atoms with E-state index in [-0.39, 0.29) is 22.1 Å². The van der Waals surface area contributed by atoms with Crippen molar-refractivity contribution in [2.45, 2.75) is 10.1 Å². The number of nitriles is 1. The Morgan fingerprint density at radius 2 is 1.88 bits per heavy atom. The maximum Gasteiger partial charge on any atom is 0.270 e. The molecule has 0 aliphatic rings. The number of amides is 1. The molecule has 168 valence electrons. The summed E-state index contributed by atoms with van der Waals surface area (Å²) < 4.78 is 6.41. The summed E-state index contributed by atoms with van der Waals surface area (Å²) in [6.07, 6.45) is 0. The number of aromatic nitrogens is 2. The van der Waals surface area contributed by atoms with E-state index in [2.05, 4.69) is 21.6 Å². The second-order valence-electron chi connectivity index (χ2n) is 6.78. The maximum atomic E-state index is 12.9. The summed E-state index contributed by atoms with van der Waals surface area (Å²) in [7, 11) is 0. The van der Waals surface area contributed by atoms with Gasteiger partial charge in [-0.15, -0.1) is 10.2 Å². The van der Waals surface area contributed by atoms with Crippen molar-refractivity contribution in [1.29, 1.82) is 5.26 Å². The second kappa shape index (κ2) is 10.6. The first-order chi connectivity index (χ1) is 16.5. The number of rotatable bonds is 8. The highest BCUT2D eigenvalue weighted by Crippen LogP contribution is 2.31. The van der Waals surface area contributed by atoms with Crippen LogP contribution in [0.5, 0.6) is 11.5 Å². The molecule has 0 saturated heterocycles. The van der Waals surface area contributed by atoms with Crippen LogP contribution < -0.4 is 10.1 Å². The minimum Gasteiger partial charge on any atom is -0.457 e. The zero-order valence-electron chi connectivity index (χ0n) is 17.4. The maximum absolute atomic E-state index is 12.9. The Bertz CT molecular complexity index is 1370. The van der Waals surface area contributed by atoms with Gasteiger partial charge in [-0.25, -0.2) is 0 Å². The van der Waals surface area contributed by atoms with Crippen LogP contribution in [0.4, 0.5) is 10.8 Å². The summed E-state index contributed by atoms with van der Waals surface area (Å²) in [5.41, 5.74) is 1.37. The van der Waals surface area contributed by atoms with E-state index in [1.807, 2.05) is 18.2 Å². The Labute approximate surface area is 202 Å². The van der Waals surface area contributed by atoms with Crippen molar-refractivity contribution < 1.29 is 14.5 Å². The van der Waals surface area contributed by atoms with Gasteiger partial charge in [0.15, 0.2) is 4.34 Å². The van der Waals surface area contributed by atoms with Gasteiger partial charge in [-0.05, 0) is 35.9 Å². The number of ether oxygens (including phenoxy) is 1. The van der Waals surface area contributed by atoms with Gasteiger partial charge in [0, 0.05) is 17.9 Å². The van der Waals surface area contributed by atoms with E-state index in [9.17, 15) is 14.9 Å². The molecule has 4 rings (SSSR count). The normalized spacial score (nSPS) is 10.3. The molecule has 9 nitrogen and oxygen atoms in total. The standard InChI is InChI=1S/C23H15N5O4S2/c24-13-15-6-8-16(9-7-15)14-33-23-27-26-22(34-23)25-21(29)19-12-17(28(30)31)10-11-20(19)32-18-4-2-1-3-5-18/h1-12H,14H2,(H,25,26,29). The van der Waals surface area contributed by atoms with Crippen LogP contribution in [-0.2, 0) is 5.75 Å². The van der Waals surface area contributed by atoms with Gasteiger partial charge in [0.1, 0.15) is 11.5 Å². The third kappa shape index (κ3) is 5.74. The van der Waals surface area contributed by atoms with Crippen molar-refractivity contribution in [2.24, 2.45) is 0 Å². The number of nitro benzene ring substituents is 1. The molecular formula is C23H15N5O4S2. The van der Waals surface area contributed by atoms with Crippen LogP contribution in [0.3, 0.4) is 0 Å². The number of carbonyl (C=O) groups excluding carboxylic acids is 1. The zero-order valence-corrected chi connectivity index (χ0v) is 19.0. The SMILES string of the molecule is N#Cc1ccc(CSc2nnc(NC(=O)c3cc([N+](=O)[O-])ccc3Oc3ccccc3)s2)cc1. The number of non-ortho nitro benzene ring substituents is 1. The zero-order chi connectivity index (χ0) is 23.9. The number of para-hydroxylation sites is 1. The Kier molecular flexibility index (Phi) is 7.12. The summed E-state index contributed by atoms with van der Waals surface area (Å²) in [5, 5.41) is 31.1. The highest BCUT2D eigenvalue weighted by atomic mass is 32.2. The van der Waals surface area contributed by atoms with Crippen LogP contribution in [0.1, 0.15) is 21.5 Å². The van der Waals surface area contributed by atoms with Gasteiger partial charge in [-0.3, -0.25) is 20.2 Å². The molecule has 0 fully saturated rings. The summed E-state index contributed by atoms with van der Waals surface area (Å²) in [4.78, 5) is 23.6. The highest BCUT2D eigenvalue weighted by Gasteiger charge is 2.20. The lowest BCUT2D eigenvalue weighted by molar-refractivity contribution is -0.384. The number of hydrogen-bond acceptors (Lipinski definition) is 9. The molecule has 3 aromatic carbocycles. The summed E-state index contributed by atoms with van der Waals surface area (Å²) in [5.74, 6) is 0.681. The smallest absolute Gasteiger partial charge is 0.270 e. The van der Waals surface area contributed by atoms with Crippen molar-refractivity contribution in [3.8, 4) is 17.6 Å². The number of anilines is 1. The van der Waals surface area contributed by atoms with Gasteiger partial charge in [-0.2, -0.15) is 5.26 Å². The number of hydrogen-bond donors (Lipinski definition) is 1. The molecule has 0 radical (unpaired) electrons. The molecule has 0 unspecified atom stereocenters. The van der Waals surface area contributed by atoms with E-state index in [1.165, 1.54) is 35.2 Å². The van der Waals surface area contributed by atoms with E-state index in [4.69, 9.17) is 10.00 Å². The molecule has 11 heteroatoms. The van der Waals surface area contributed by atoms with Gasteiger partial charge in [0.25, 0.3) is 11.6 Å². The highest BCUT2D eigenvalue weighted by molar-refractivity contribution is 8.00. The third-order valence-corrected chi connectivity index (χ3v) is 6.51. The fourth-order valence-electron chi connectivity index (χ4n) is 2.82. The van der Waals surface area contributed by atoms with Crippen molar-refractivity contribution in [2.75, 3.05) is 5.32 Å². The topological polar surface area (TPSA) is 131 Å². The predicted octanol–water partition coefficient (Wildman–Crippen LogP) is 5.65. The molecule has 0 saturated carbocycles. The molecule has 1 heterocycles. The molecule has 0 bridgehead atoms. The van der Waals surface area contributed by atoms with Crippen molar-refractivity contribution in [3.63, 3.8) is 0 Å². The van der Waals surface area contributed by atoms with E-state index >= 15 is 0 Å². The molecule has 0 aliphatic carbocycles. The van der Waals surface area contributed by atoms with Crippen LogP contribution in [0, 0.1) is 21.4 Å². The molecule has 1 aromatic heterocycles. The molecule has 1 amide bonds. The number of nitrogens with one attached hydrogen (secondary N) is 1. The van der Waals surface area contributed by atoms with Gasteiger partial charge >= 0.3 is 0 Å². The largest absolute Gasteiger partial charge is 0.457 e. The van der Waals surface area contributed by atoms with Crippen molar-refractivity contribution in [1.82, 2.24) is 10.2 Å². The predicted molar refractivity (Wildman–Crippen MR) is 128 cm³/mol. The lowest BCUT2D eigenvalue weighted by Gasteiger charge is -2.10. The summed E-state index contributed by atoms with van der Waals surface area (Å²) >= 11 is 2.62. The molecule has 0 spiro atoms. The van der Waals surface area contributed by atoms with Crippen LogP contribution in [0.25, 0.3) is 0 Å². The van der Waals surface area contributed by atoms with Gasteiger partial charge in [-0.1, -0.05) is 53.4 Å². The number of thioether (sulfide) groups is 1. The van der Waals surface area contributed by atoms with Gasteiger partial charge < -0.3 is 4.74 Å². The first kappa shape index (κ1) is 22.9. The Morgan fingerprint density at radius 1 is 1.12 bits per heavy atom. The van der Waals surface area contributed by atoms with Gasteiger partial charge in [0.2, 0.25) is 5.13 Å². The Balaban J connectivity index is 1.47. The van der Waals surface area contributed by atoms with E-state index < -0.39 is 10.8 Å². The quantitative estimate of drug-likeness (QED) is 0.145. The molecule has 0 atom stereocenters. The number of nitrogens with zero attached hydrogens (tertiary/aromatic N) is 4. The number of benzene rings is 3. The number of carbonyl (C=O) groups is 1. The first-order valence-corrected chi connectivity index (χ1v) is 11.6. The average molecular weight is 490 g/mol. The van der Waals surface area contributed by atoms with Crippen molar-refractivity contribution >= 4 is 39.8 Å². The minimum absolute atomic E-state index is 0.0000358. The van der Waals surface area contributed by atoms with Crippen LogP contribution in [-0.4, -0.2) is 21.0 Å². The average Bonchev–Trinajstić information content (AvgIpc) is 3.31. The van der Waals surface area contributed by atoms with Crippen LogP contribution in [0.15, 0.2) is 77.1 Å². The van der Waals surface area contributed by atoms with Crippen molar-refractivity contribution in [3.05, 3.63) is 99.6 Å². The third-order valence-electron chi connectivity index (χ3n) is 4.46. The number of nitro groups is 1. The lowest BCUT2D eigenvalue weighted by atomic mass is 10.1. The molecular weight excluding hydrogens is 474 g/mol. The molecule has 34 heavy (non-hydrogen) atoms. The van der Waals surface area contributed by atoms with E-state index in [0.29, 0.717) is 21.4 Å². The van der Waals surface area contributed by atoms with Gasteiger partial charge in [0.05, 0.1) is 22.1 Å². The van der Waals surface area contributed by atoms with Crippen LogP contribution in [0.2, 0.25) is 0 Å². The molecule has 4 aromatic rings. The Hall–Kier alpha value is -4.27. The lowest BCUT2D eigenvalue weighted by Crippen LogP contribution is -2.13. The van der Waals surface area contributed by atoms with Crippen LogP contribution >= 0.6 is 23.1 Å². The summed E-state index contributed by atoms with van der Waals surface area (Å²) in [6, 6.07) is 21.9. The Morgan fingerprint density at radius 3 is 2.59 bits per heavy atom. The second-order valence-corrected chi connectivity index (χ2v) is 8.98. The monoisotopic (exact) mass is 489 g/mol. The fraction of sp³-hybridized carbons (Fsp3) is 0.0435. The minimum atomic E-state index is -0.602.